The number of nitrogens with one attached hydrogen (secondary N) is 1. The number of carbonyl (C=O) groups excluding carboxylic acids is 2. The van der Waals surface area contributed by atoms with Crippen LogP contribution >= 0.6 is 23.8 Å². The molecule has 1 N–H and O–H groups in total. The molecule has 0 atom stereocenters. The molecule has 7 nitrogen and oxygen atoms in total. The number of H-pyrrole nitrogens is 1. The Bertz CT molecular complexity index is 800. The fraction of sp³-hybridized carbons (Fsp3) is 0.375. The second-order valence-electron chi connectivity index (χ2n) is 5.44. The number of esters is 1. The van der Waals surface area contributed by atoms with Crippen molar-refractivity contribution in [1.29, 1.82) is 0 Å². The van der Waals surface area contributed by atoms with Crippen molar-refractivity contribution in [2.24, 2.45) is 0 Å². The number of benzene rings is 1. The Labute approximate surface area is 155 Å². The van der Waals surface area contributed by atoms with E-state index in [-0.39, 0.29) is 24.8 Å². The molecule has 0 spiro atoms. The first kappa shape index (κ1) is 19.1. The van der Waals surface area contributed by atoms with Gasteiger partial charge in [-0.05, 0) is 42.9 Å². The monoisotopic (exact) mass is 382 g/mol. The van der Waals surface area contributed by atoms with E-state index in [0.717, 1.165) is 5.56 Å². The summed E-state index contributed by atoms with van der Waals surface area (Å²) in [6.45, 7) is 0.511. The summed E-state index contributed by atoms with van der Waals surface area (Å²) < 4.78 is 6.58. The molecular formula is C16H19ClN4O3S. The number of rotatable bonds is 7. The van der Waals surface area contributed by atoms with Crippen molar-refractivity contribution in [3.63, 3.8) is 0 Å². The highest BCUT2D eigenvalue weighted by Gasteiger charge is 2.15. The number of aromatic nitrogens is 3. The third-order valence-corrected chi connectivity index (χ3v) is 4.25. The number of nitrogens with zero attached hydrogens (tertiary/aromatic N) is 3. The molecule has 0 aliphatic rings. The van der Waals surface area contributed by atoms with Crippen molar-refractivity contribution in [1.82, 2.24) is 19.7 Å². The van der Waals surface area contributed by atoms with E-state index in [9.17, 15) is 9.59 Å². The minimum Gasteiger partial charge on any atom is -0.469 e. The van der Waals surface area contributed by atoms with Crippen molar-refractivity contribution >= 4 is 35.7 Å². The Morgan fingerprint density at radius 2 is 2.04 bits per heavy atom. The van der Waals surface area contributed by atoms with E-state index in [1.807, 2.05) is 12.1 Å². The number of likely N-dealkylation sites (N-methyl/N-ethyl adjacent to an activating group) is 1. The number of aromatic amines is 1. The first-order valence-electron chi connectivity index (χ1n) is 7.64. The zero-order valence-electron chi connectivity index (χ0n) is 14.0. The van der Waals surface area contributed by atoms with E-state index in [1.165, 1.54) is 7.11 Å². The molecule has 0 aliphatic carbocycles. The number of hydrogen-bond donors (Lipinski definition) is 1. The first-order chi connectivity index (χ1) is 11.9. The van der Waals surface area contributed by atoms with Crippen LogP contribution in [0.3, 0.4) is 0 Å². The van der Waals surface area contributed by atoms with Crippen molar-refractivity contribution in [2.45, 2.75) is 19.4 Å². The van der Waals surface area contributed by atoms with Gasteiger partial charge in [-0.15, -0.1) is 0 Å². The van der Waals surface area contributed by atoms with Crippen LogP contribution in [0.1, 0.15) is 12.8 Å². The minimum atomic E-state index is -0.289. The van der Waals surface area contributed by atoms with Crippen LogP contribution in [0.2, 0.25) is 5.02 Å². The third kappa shape index (κ3) is 5.14. The summed E-state index contributed by atoms with van der Waals surface area (Å²) in [6, 6.07) is 7.13. The molecule has 134 valence electrons. The van der Waals surface area contributed by atoms with Gasteiger partial charge in [0.15, 0.2) is 10.6 Å². The van der Waals surface area contributed by atoms with Crippen LogP contribution in [0, 0.1) is 4.77 Å². The molecule has 9 heteroatoms. The van der Waals surface area contributed by atoms with E-state index in [2.05, 4.69) is 14.9 Å². The minimum absolute atomic E-state index is 0.0576. The Morgan fingerprint density at radius 1 is 1.36 bits per heavy atom. The highest BCUT2D eigenvalue weighted by molar-refractivity contribution is 7.71. The summed E-state index contributed by atoms with van der Waals surface area (Å²) in [7, 11) is 3.03. The van der Waals surface area contributed by atoms with Gasteiger partial charge >= 0.3 is 5.97 Å². The van der Waals surface area contributed by atoms with Crippen molar-refractivity contribution < 1.29 is 14.3 Å². The summed E-state index contributed by atoms with van der Waals surface area (Å²) in [5, 5.41) is 7.52. The molecule has 0 radical (unpaired) electrons. The number of methoxy groups -OCH3 is 1. The Kier molecular flexibility index (Phi) is 6.72. The largest absolute Gasteiger partial charge is 0.469 e. The molecule has 1 aromatic carbocycles. The lowest BCUT2D eigenvalue weighted by Gasteiger charge is -2.17. The van der Waals surface area contributed by atoms with E-state index < -0.39 is 0 Å². The van der Waals surface area contributed by atoms with Gasteiger partial charge in [-0.2, -0.15) is 5.10 Å². The number of amides is 1. The molecule has 2 rings (SSSR count). The van der Waals surface area contributed by atoms with E-state index in [1.54, 1.807) is 28.6 Å². The molecule has 1 amide bonds. The fourth-order valence-corrected chi connectivity index (χ4v) is 2.55. The summed E-state index contributed by atoms with van der Waals surface area (Å²) in [4.78, 5) is 25.1. The SMILES string of the molecule is COC(=O)CCCN(C)C(=O)Cn1c(-c2ccc(Cl)cc2)n[nH]c1=S. The Morgan fingerprint density at radius 3 is 2.68 bits per heavy atom. The van der Waals surface area contributed by atoms with Crippen molar-refractivity contribution in [3.05, 3.63) is 34.1 Å². The molecule has 0 unspecified atom stereocenters. The number of halogens is 1. The smallest absolute Gasteiger partial charge is 0.305 e. The third-order valence-electron chi connectivity index (χ3n) is 3.68. The topological polar surface area (TPSA) is 80.2 Å². The summed E-state index contributed by atoms with van der Waals surface area (Å²) in [5.74, 6) is 0.151. The van der Waals surface area contributed by atoms with Crippen LogP contribution in [0.4, 0.5) is 0 Å². The molecule has 2 aromatic rings. The molecule has 0 saturated carbocycles. The van der Waals surface area contributed by atoms with Crippen molar-refractivity contribution in [3.8, 4) is 11.4 Å². The number of ether oxygens (including phenoxy) is 1. The average molecular weight is 383 g/mol. The summed E-state index contributed by atoms with van der Waals surface area (Å²) in [5.41, 5.74) is 0.804. The standard InChI is InChI=1S/C16H19ClN4O3S/c1-20(9-3-4-14(23)24-2)13(22)10-21-15(18-19-16(21)25)11-5-7-12(17)8-6-11/h5-8H,3-4,9-10H2,1-2H3,(H,19,25). The van der Waals surface area contributed by atoms with E-state index in [0.29, 0.717) is 28.6 Å². The van der Waals surface area contributed by atoms with Crippen LogP contribution in [0.15, 0.2) is 24.3 Å². The van der Waals surface area contributed by atoms with Crippen LogP contribution in [0.5, 0.6) is 0 Å². The maximum atomic E-state index is 12.4. The number of carbonyl (C=O) groups is 2. The average Bonchev–Trinajstić information content (AvgIpc) is 2.96. The van der Waals surface area contributed by atoms with E-state index >= 15 is 0 Å². The molecule has 1 aromatic heterocycles. The highest BCUT2D eigenvalue weighted by atomic mass is 35.5. The second kappa shape index (κ2) is 8.77. The maximum Gasteiger partial charge on any atom is 0.305 e. The normalized spacial score (nSPS) is 10.5. The van der Waals surface area contributed by atoms with Gasteiger partial charge in [0.05, 0.1) is 7.11 Å². The van der Waals surface area contributed by atoms with Crippen LogP contribution in [-0.2, 0) is 20.9 Å². The van der Waals surface area contributed by atoms with Gasteiger partial charge in [0, 0.05) is 30.6 Å². The lowest BCUT2D eigenvalue weighted by atomic mass is 10.2. The lowest BCUT2D eigenvalue weighted by molar-refractivity contribution is -0.141. The van der Waals surface area contributed by atoms with Gasteiger partial charge in [-0.1, -0.05) is 11.6 Å². The number of hydrogen-bond acceptors (Lipinski definition) is 5. The predicted molar refractivity (Wildman–Crippen MR) is 96.7 cm³/mol. The predicted octanol–water partition coefficient (Wildman–Crippen LogP) is 2.67. The first-order valence-corrected chi connectivity index (χ1v) is 8.43. The van der Waals surface area contributed by atoms with Crippen LogP contribution < -0.4 is 0 Å². The Hall–Kier alpha value is -2.19. The molecule has 0 saturated heterocycles. The zero-order chi connectivity index (χ0) is 18.4. The van der Waals surface area contributed by atoms with Gasteiger partial charge in [-0.3, -0.25) is 19.3 Å². The molecule has 1 heterocycles. The van der Waals surface area contributed by atoms with Gasteiger partial charge in [0.1, 0.15) is 6.54 Å². The summed E-state index contributed by atoms with van der Waals surface area (Å²) >= 11 is 11.1. The zero-order valence-corrected chi connectivity index (χ0v) is 15.6. The van der Waals surface area contributed by atoms with Gasteiger partial charge in [0.2, 0.25) is 5.91 Å². The highest BCUT2D eigenvalue weighted by Crippen LogP contribution is 2.20. The molecule has 25 heavy (non-hydrogen) atoms. The molecule has 0 fully saturated rings. The van der Waals surface area contributed by atoms with Gasteiger partial charge in [0.25, 0.3) is 0 Å². The van der Waals surface area contributed by atoms with Gasteiger partial charge < -0.3 is 9.64 Å². The van der Waals surface area contributed by atoms with E-state index in [4.69, 9.17) is 23.8 Å². The second-order valence-corrected chi connectivity index (χ2v) is 6.26. The van der Waals surface area contributed by atoms with Crippen molar-refractivity contribution in [2.75, 3.05) is 20.7 Å². The van der Waals surface area contributed by atoms with Crippen LogP contribution in [-0.4, -0.2) is 52.2 Å². The van der Waals surface area contributed by atoms with Crippen LogP contribution in [0.25, 0.3) is 11.4 Å². The molecular weight excluding hydrogens is 364 g/mol. The molecule has 0 bridgehead atoms. The fourth-order valence-electron chi connectivity index (χ4n) is 2.23. The quantitative estimate of drug-likeness (QED) is 0.588. The maximum absolute atomic E-state index is 12.4. The van der Waals surface area contributed by atoms with Gasteiger partial charge in [-0.25, -0.2) is 0 Å². The molecule has 0 aliphatic heterocycles. The summed E-state index contributed by atoms with van der Waals surface area (Å²) in [6.07, 6.45) is 0.811. The Balaban J connectivity index is 2.06. The lowest BCUT2D eigenvalue weighted by Crippen LogP contribution is -2.31.